The summed E-state index contributed by atoms with van der Waals surface area (Å²) < 4.78 is 6.71. The maximum atomic E-state index is 11.6. The molecule has 0 spiro atoms. The van der Waals surface area contributed by atoms with Gasteiger partial charge in [0.25, 0.3) is 0 Å². The van der Waals surface area contributed by atoms with Crippen molar-refractivity contribution in [2.75, 3.05) is 12.3 Å². The number of anilines is 1. The van der Waals surface area contributed by atoms with Crippen molar-refractivity contribution >= 4 is 11.7 Å². The Morgan fingerprint density at radius 1 is 1.50 bits per heavy atom. The molecule has 2 N–H and O–H groups in total. The summed E-state index contributed by atoms with van der Waals surface area (Å²) in [6.07, 6.45) is 0. The first-order valence-electron chi connectivity index (χ1n) is 4.59. The Morgan fingerprint density at radius 2 is 2.07 bits per heavy atom. The predicted octanol–water partition coefficient (Wildman–Crippen LogP) is 1.40. The van der Waals surface area contributed by atoms with Crippen LogP contribution in [0.3, 0.4) is 0 Å². The molecule has 4 heteroatoms. The number of ether oxygens (including phenoxy) is 1. The normalized spacial score (nSPS) is 10.3. The molecular formula is C10H16N2O2. The third-order valence-corrected chi connectivity index (χ3v) is 2.46. The van der Waals surface area contributed by atoms with Crippen LogP contribution in [0.4, 0.5) is 5.69 Å². The van der Waals surface area contributed by atoms with E-state index in [2.05, 4.69) is 0 Å². The maximum Gasteiger partial charge on any atom is 0.355 e. The van der Waals surface area contributed by atoms with Gasteiger partial charge in [0.05, 0.1) is 12.3 Å². The smallest absolute Gasteiger partial charge is 0.355 e. The van der Waals surface area contributed by atoms with Crippen molar-refractivity contribution in [1.82, 2.24) is 4.57 Å². The lowest BCUT2D eigenvalue weighted by molar-refractivity contribution is 0.0514. The van der Waals surface area contributed by atoms with Crippen LogP contribution in [0.5, 0.6) is 0 Å². The minimum atomic E-state index is -0.313. The van der Waals surface area contributed by atoms with E-state index in [0.29, 0.717) is 18.0 Å². The van der Waals surface area contributed by atoms with E-state index in [1.54, 1.807) is 11.5 Å². The summed E-state index contributed by atoms with van der Waals surface area (Å²) in [6, 6.07) is 0. The van der Waals surface area contributed by atoms with E-state index in [4.69, 9.17) is 10.5 Å². The van der Waals surface area contributed by atoms with Gasteiger partial charge < -0.3 is 15.0 Å². The zero-order chi connectivity index (χ0) is 10.9. The fraction of sp³-hybridized carbons (Fsp3) is 0.500. The molecule has 14 heavy (non-hydrogen) atoms. The molecule has 0 amide bonds. The van der Waals surface area contributed by atoms with Gasteiger partial charge in [-0.1, -0.05) is 0 Å². The lowest BCUT2D eigenvalue weighted by Gasteiger charge is -2.04. The molecule has 0 aliphatic carbocycles. The molecule has 0 fully saturated rings. The first-order chi connectivity index (χ1) is 6.50. The summed E-state index contributed by atoms with van der Waals surface area (Å²) >= 11 is 0. The number of nitrogens with two attached hydrogens (primary N) is 1. The lowest BCUT2D eigenvalue weighted by Crippen LogP contribution is -2.11. The van der Waals surface area contributed by atoms with Crippen LogP contribution in [-0.4, -0.2) is 17.1 Å². The standard InChI is InChI=1S/C10H16N2O2/c1-5-14-10(13)9-6(2)8(11)7(3)12(9)4/h5,11H2,1-4H3. The summed E-state index contributed by atoms with van der Waals surface area (Å²) in [7, 11) is 1.81. The van der Waals surface area contributed by atoms with Gasteiger partial charge in [-0.15, -0.1) is 0 Å². The van der Waals surface area contributed by atoms with Gasteiger partial charge in [0.1, 0.15) is 5.69 Å². The summed E-state index contributed by atoms with van der Waals surface area (Å²) in [5.74, 6) is -0.313. The van der Waals surface area contributed by atoms with Gasteiger partial charge in [0, 0.05) is 18.3 Å². The Bertz CT molecular complexity index is 341. The van der Waals surface area contributed by atoms with Crippen molar-refractivity contribution in [3.63, 3.8) is 0 Å². The summed E-state index contributed by atoms with van der Waals surface area (Å²) in [6.45, 7) is 5.87. The molecule has 0 aliphatic rings. The van der Waals surface area contributed by atoms with Crippen molar-refractivity contribution < 1.29 is 9.53 Å². The average molecular weight is 196 g/mol. The monoisotopic (exact) mass is 196 g/mol. The van der Waals surface area contributed by atoms with Crippen molar-refractivity contribution in [1.29, 1.82) is 0 Å². The summed E-state index contributed by atoms with van der Waals surface area (Å²) in [4.78, 5) is 11.6. The third kappa shape index (κ3) is 1.47. The highest BCUT2D eigenvalue weighted by Gasteiger charge is 2.19. The zero-order valence-corrected chi connectivity index (χ0v) is 9.05. The van der Waals surface area contributed by atoms with Gasteiger partial charge in [-0.05, 0) is 20.8 Å². The minimum absolute atomic E-state index is 0.313. The molecule has 0 radical (unpaired) electrons. The second kappa shape index (κ2) is 3.74. The van der Waals surface area contributed by atoms with Gasteiger partial charge in [-0.25, -0.2) is 4.79 Å². The van der Waals surface area contributed by atoms with Gasteiger partial charge in [0.15, 0.2) is 0 Å². The quantitative estimate of drug-likeness (QED) is 0.727. The van der Waals surface area contributed by atoms with Crippen molar-refractivity contribution in [3.8, 4) is 0 Å². The largest absolute Gasteiger partial charge is 0.461 e. The summed E-state index contributed by atoms with van der Waals surface area (Å²) in [5, 5.41) is 0. The molecule has 0 saturated heterocycles. The molecule has 0 bridgehead atoms. The fourth-order valence-electron chi connectivity index (χ4n) is 1.49. The van der Waals surface area contributed by atoms with Crippen molar-refractivity contribution in [3.05, 3.63) is 17.0 Å². The molecule has 1 aromatic rings. The maximum absolute atomic E-state index is 11.6. The van der Waals surface area contributed by atoms with Crippen LogP contribution in [0.1, 0.15) is 28.7 Å². The number of rotatable bonds is 2. The van der Waals surface area contributed by atoms with Gasteiger partial charge in [0.2, 0.25) is 0 Å². The van der Waals surface area contributed by atoms with E-state index in [0.717, 1.165) is 11.3 Å². The molecule has 78 valence electrons. The van der Waals surface area contributed by atoms with Crippen LogP contribution in [0.15, 0.2) is 0 Å². The predicted molar refractivity (Wildman–Crippen MR) is 55.3 cm³/mol. The molecular weight excluding hydrogens is 180 g/mol. The number of nitrogen functional groups attached to an aromatic ring is 1. The van der Waals surface area contributed by atoms with E-state index < -0.39 is 0 Å². The van der Waals surface area contributed by atoms with E-state index in [1.807, 2.05) is 20.9 Å². The van der Waals surface area contributed by atoms with Crippen LogP contribution in [0, 0.1) is 13.8 Å². The van der Waals surface area contributed by atoms with Gasteiger partial charge >= 0.3 is 5.97 Å². The Hall–Kier alpha value is -1.45. The van der Waals surface area contributed by atoms with Crippen LogP contribution in [0.2, 0.25) is 0 Å². The molecule has 0 atom stereocenters. The van der Waals surface area contributed by atoms with E-state index in [9.17, 15) is 4.79 Å². The van der Waals surface area contributed by atoms with Crippen LogP contribution in [-0.2, 0) is 11.8 Å². The molecule has 1 rings (SSSR count). The number of carbonyl (C=O) groups is 1. The van der Waals surface area contributed by atoms with Crippen molar-refractivity contribution in [2.45, 2.75) is 20.8 Å². The molecule has 0 aromatic carbocycles. The zero-order valence-electron chi connectivity index (χ0n) is 9.05. The number of nitrogens with zero attached hydrogens (tertiary/aromatic N) is 1. The minimum Gasteiger partial charge on any atom is -0.461 e. The highest BCUT2D eigenvalue weighted by Crippen LogP contribution is 2.23. The Kier molecular flexibility index (Phi) is 2.84. The molecule has 0 aliphatic heterocycles. The van der Waals surface area contributed by atoms with Crippen LogP contribution < -0.4 is 5.73 Å². The highest BCUT2D eigenvalue weighted by molar-refractivity contribution is 5.91. The Morgan fingerprint density at radius 3 is 2.43 bits per heavy atom. The molecule has 4 nitrogen and oxygen atoms in total. The topological polar surface area (TPSA) is 57.2 Å². The number of esters is 1. The molecule has 1 aromatic heterocycles. The second-order valence-electron chi connectivity index (χ2n) is 3.25. The first kappa shape index (κ1) is 10.6. The average Bonchev–Trinajstić information content (AvgIpc) is 2.32. The fourth-order valence-corrected chi connectivity index (χ4v) is 1.49. The van der Waals surface area contributed by atoms with Gasteiger partial charge in [-0.2, -0.15) is 0 Å². The first-order valence-corrected chi connectivity index (χ1v) is 4.59. The molecule has 0 saturated carbocycles. The highest BCUT2D eigenvalue weighted by atomic mass is 16.5. The molecule has 1 heterocycles. The van der Waals surface area contributed by atoms with E-state index in [-0.39, 0.29) is 5.97 Å². The number of hydrogen-bond donors (Lipinski definition) is 1. The summed E-state index contributed by atoms with van der Waals surface area (Å²) in [5.41, 5.74) is 8.70. The third-order valence-electron chi connectivity index (χ3n) is 2.46. The van der Waals surface area contributed by atoms with E-state index in [1.165, 1.54) is 0 Å². The number of hydrogen-bond acceptors (Lipinski definition) is 3. The SMILES string of the molecule is CCOC(=O)c1c(C)c(N)c(C)n1C. The lowest BCUT2D eigenvalue weighted by atomic mass is 10.2. The van der Waals surface area contributed by atoms with Crippen molar-refractivity contribution in [2.24, 2.45) is 7.05 Å². The number of aromatic nitrogens is 1. The van der Waals surface area contributed by atoms with E-state index >= 15 is 0 Å². The molecule has 0 unspecified atom stereocenters. The van der Waals surface area contributed by atoms with Crippen LogP contribution >= 0.6 is 0 Å². The second-order valence-corrected chi connectivity index (χ2v) is 3.25. The van der Waals surface area contributed by atoms with Crippen LogP contribution in [0.25, 0.3) is 0 Å². The number of carbonyl (C=O) groups excluding carboxylic acids is 1. The van der Waals surface area contributed by atoms with Gasteiger partial charge in [-0.3, -0.25) is 0 Å². The Balaban J connectivity index is 3.21. The Labute approximate surface area is 83.7 Å².